The first-order valence-electron chi connectivity index (χ1n) is 13.7. The van der Waals surface area contributed by atoms with Gasteiger partial charge in [0.2, 0.25) is 0 Å². The van der Waals surface area contributed by atoms with E-state index in [0.29, 0.717) is 5.56 Å². The number of allylic oxidation sites excluding steroid dienone is 2. The lowest BCUT2D eigenvalue weighted by molar-refractivity contribution is 0.606. The van der Waals surface area contributed by atoms with Gasteiger partial charge in [-0.2, -0.15) is 0 Å². The first-order valence-corrected chi connectivity index (χ1v) is 16.2. The maximum Gasteiger partial charge on any atom is 0.131 e. The Balaban J connectivity index is 1.28. The summed E-state index contributed by atoms with van der Waals surface area (Å²) >= 11 is 0. The van der Waals surface area contributed by atoms with Crippen LogP contribution in [0.25, 0.3) is 11.1 Å². The SMILES string of the molecule is CC=CCC[SiH]1CCC(c2ccc(CCc3ccc(-c4ccc(CCC)cc4)c(F)c3)cc2)CC1. The van der Waals surface area contributed by atoms with Crippen LogP contribution < -0.4 is 0 Å². The molecule has 4 rings (SSSR count). The molecule has 1 fully saturated rings. The summed E-state index contributed by atoms with van der Waals surface area (Å²) in [7, 11) is -0.491. The summed E-state index contributed by atoms with van der Waals surface area (Å²) in [6.45, 7) is 4.31. The van der Waals surface area contributed by atoms with Crippen molar-refractivity contribution < 1.29 is 4.39 Å². The lowest BCUT2D eigenvalue weighted by atomic mass is 9.92. The Bertz CT molecular complexity index is 1070. The summed E-state index contributed by atoms with van der Waals surface area (Å²) in [5, 5.41) is 0. The molecule has 1 aliphatic heterocycles. The highest BCUT2D eigenvalue weighted by Gasteiger charge is 2.22. The Morgan fingerprint density at radius 3 is 2.11 bits per heavy atom. The first kappa shape index (κ1) is 25.6. The van der Waals surface area contributed by atoms with Crippen LogP contribution >= 0.6 is 0 Å². The summed E-state index contributed by atoms with van der Waals surface area (Å²) in [5.41, 5.74) is 6.90. The Hall–Kier alpha value is -2.45. The maximum absolute atomic E-state index is 14.9. The van der Waals surface area contributed by atoms with Crippen molar-refractivity contribution in [3.63, 3.8) is 0 Å². The zero-order valence-electron chi connectivity index (χ0n) is 21.6. The van der Waals surface area contributed by atoms with E-state index in [9.17, 15) is 4.39 Å². The van der Waals surface area contributed by atoms with Gasteiger partial charge < -0.3 is 0 Å². The second-order valence-corrected chi connectivity index (χ2v) is 13.8. The van der Waals surface area contributed by atoms with E-state index in [-0.39, 0.29) is 5.82 Å². The molecule has 0 saturated carbocycles. The van der Waals surface area contributed by atoms with Crippen LogP contribution in [-0.2, 0) is 19.3 Å². The fourth-order valence-electron chi connectivity index (χ4n) is 5.62. The van der Waals surface area contributed by atoms with Gasteiger partial charge in [0.15, 0.2) is 0 Å². The third-order valence-corrected chi connectivity index (χ3v) is 11.3. The van der Waals surface area contributed by atoms with Crippen molar-refractivity contribution in [1.82, 2.24) is 0 Å². The topological polar surface area (TPSA) is 0 Å². The summed E-state index contributed by atoms with van der Waals surface area (Å²) in [5.74, 6) is 0.637. The molecule has 0 aromatic heterocycles. The van der Waals surface area contributed by atoms with Crippen LogP contribution in [0.1, 0.15) is 67.7 Å². The molecule has 1 heterocycles. The quantitative estimate of drug-likeness (QED) is 0.199. The van der Waals surface area contributed by atoms with Crippen molar-refractivity contribution in [3.05, 3.63) is 107 Å². The normalized spacial score (nSPS) is 18.3. The molecule has 0 nitrogen and oxygen atoms in total. The minimum Gasteiger partial charge on any atom is -0.206 e. The van der Waals surface area contributed by atoms with Crippen molar-refractivity contribution in [2.24, 2.45) is 0 Å². The lowest BCUT2D eigenvalue weighted by Crippen LogP contribution is -2.20. The van der Waals surface area contributed by atoms with E-state index in [1.807, 2.05) is 18.2 Å². The largest absolute Gasteiger partial charge is 0.206 e. The molecule has 0 atom stereocenters. The minimum atomic E-state index is -0.491. The second-order valence-electron chi connectivity index (χ2n) is 10.4. The van der Waals surface area contributed by atoms with Gasteiger partial charge in [-0.15, -0.1) is 0 Å². The molecule has 0 spiro atoms. The van der Waals surface area contributed by atoms with E-state index in [4.69, 9.17) is 0 Å². The van der Waals surface area contributed by atoms with Crippen molar-refractivity contribution in [2.75, 3.05) is 0 Å². The highest BCUT2D eigenvalue weighted by Crippen LogP contribution is 2.35. The first-order chi connectivity index (χ1) is 17.2. The molecule has 0 aliphatic carbocycles. The van der Waals surface area contributed by atoms with E-state index >= 15 is 0 Å². The van der Waals surface area contributed by atoms with Crippen molar-refractivity contribution in [1.29, 1.82) is 0 Å². The van der Waals surface area contributed by atoms with Crippen molar-refractivity contribution >= 4 is 8.80 Å². The highest BCUT2D eigenvalue weighted by molar-refractivity contribution is 6.59. The number of rotatable bonds is 10. The Morgan fingerprint density at radius 2 is 1.46 bits per heavy atom. The third-order valence-electron chi connectivity index (χ3n) is 7.81. The monoisotopic (exact) mass is 484 g/mol. The summed E-state index contributed by atoms with van der Waals surface area (Å²) in [6, 6.07) is 27.9. The van der Waals surface area contributed by atoms with E-state index in [1.54, 1.807) is 6.07 Å². The number of hydrogen-bond donors (Lipinski definition) is 0. The number of halogens is 1. The molecule has 0 bridgehead atoms. The second kappa shape index (κ2) is 13.0. The molecule has 0 radical (unpaired) electrons. The molecular formula is C33H41FSi. The zero-order valence-corrected chi connectivity index (χ0v) is 22.8. The molecule has 3 aromatic rings. The summed E-state index contributed by atoms with van der Waals surface area (Å²) in [4.78, 5) is 0. The average molecular weight is 485 g/mol. The zero-order chi connectivity index (χ0) is 24.5. The number of aryl methyl sites for hydroxylation is 3. The highest BCUT2D eigenvalue weighted by atomic mass is 28.3. The van der Waals surface area contributed by atoms with Gasteiger partial charge in [0, 0.05) is 14.4 Å². The van der Waals surface area contributed by atoms with Crippen LogP contribution in [0.2, 0.25) is 18.1 Å². The van der Waals surface area contributed by atoms with Gasteiger partial charge in [0.25, 0.3) is 0 Å². The molecule has 35 heavy (non-hydrogen) atoms. The lowest BCUT2D eigenvalue weighted by Gasteiger charge is -2.28. The van der Waals surface area contributed by atoms with Gasteiger partial charge in [0.1, 0.15) is 5.82 Å². The van der Waals surface area contributed by atoms with Crippen LogP contribution in [0.5, 0.6) is 0 Å². The Kier molecular flexibility index (Phi) is 9.54. The summed E-state index contributed by atoms with van der Waals surface area (Å²) in [6.07, 6.45) is 12.6. The smallest absolute Gasteiger partial charge is 0.131 e. The van der Waals surface area contributed by atoms with E-state index in [2.05, 4.69) is 68.5 Å². The van der Waals surface area contributed by atoms with Crippen LogP contribution in [-0.4, -0.2) is 8.80 Å². The Morgan fingerprint density at radius 1 is 0.829 bits per heavy atom. The maximum atomic E-state index is 14.9. The molecule has 1 aliphatic rings. The summed E-state index contributed by atoms with van der Waals surface area (Å²) < 4.78 is 14.9. The van der Waals surface area contributed by atoms with Gasteiger partial charge in [-0.05, 0) is 85.3 Å². The minimum absolute atomic E-state index is 0.119. The molecule has 0 unspecified atom stereocenters. The van der Waals surface area contributed by atoms with Crippen molar-refractivity contribution in [3.8, 4) is 11.1 Å². The fourth-order valence-corrected chi connectivity index (χ4v) is 8.89. The molecular weight excluding hydrogens is 443 g/mol. The van der Waals surface area contributed by atoms with E-state index < -0.39 is 8.80 Å². The molecule has 1 saturated heterocycles. The van der Waals surface area contributed by atoms with Gasteiger partial charge in [-0.3, -0.25) is 0 Å². The Labute approximate surface area is 213 Å². The number of hydrogen-bond acceptors (Lipinski definition) is 0. The standard InChI is InChI=1S/C33H41FSi/c1-3-5-6-22-35-23-20-30(21-24-35)29-15-10-27(11-16-29)8-9-28-14-19-32(33(34)25-28)31-17-12-26(7-4-2)13-18-31/h3,5,10-19,25,30,35H,4,6-9,20-24H2,1-2H3. The average Bonchev–Trinajstić information content (AvgIpc) is 2.89. The molecule has 3 aromatic carbocycles. The van der Waals surface area contributed by atoms with Gasteiger partial charge in [-0.1, -0.05) is 104 Å². The fraction of sp³-hybridized carbons (Fsp3) is 0.394. The van der Waals surface area contributed by atoms with Gasteiger partial charge >= 0.3 is 0 Å². The molecule has 184 valence electrons. The third kappa shape index (κ3) is 7.27. The predicted octanol–water partition coefficient (Wildman–Crippen LogP) is 9.30. The molecule has 2 heteroatoms. The van der Waals surface area contributed by atoms with Crippen LogP contribution in [0.3, 0.4) is 0 Å². The van der Waals surface area contributed by atoms with Crippen LogP contribution in [0, 0.1) is 5.82 Å². The number of benzene rings is 3. The van der Waals surface area contributed by atoms with Crippen LogP contribution in [0.15, 0.2) is 78.9 Å². The predicted molar refractivity (Wildman–Crippen MR) is 153 cm³/mol. The van der Waals surface area contributed by atoms with E-state index in [0.717, 1.165) is 42.7 Å². The van der Waals surface area contributed by atoms with Crippen LogP contribution in [0.4, 0.5) is 4.39 Å². The molecule has 0 amide bonds. The van der Waals surface area contributed by atoms with Crippen molar-refractivity contribution in [2.45, 2.75) is 82.8 Å². The van der Waals surface area contributed by atoms with E-state index in [1.165, 1.54) is 54.1 Å². The van der Waals surface area contributed by atoms with Gasteiger partial charge in [0.05, 0.1) is 0 Å². The molecule has 0 N–H and O–H groups in total. The van der Waals surface area contributed by atoms with Gasteiger partial charge in [-0.25, -0.2) is 4.39 Å².